The first kappa shape index (κ1) is 14.1. The lowest BCUT2D eigenvalue weighted by Crippen LogP contribution is -2.31. The quantitative estimate of drug-likeness (QED) is 0.874. The average Bonchev–Trinajstić information content (AvgIpc) is 2.68. The van der Waals surface area contributed by atoms with Gasteiger partial charge in [0.15, 0.2) is 0 Å². The van der Waals surface area contributed by atoms with Gasteiger partial charge in [-0.1, -0.05) is 20.8 Å². The van der Waals surface area contributed by atoms with Gasteiger partial charge in [-0.2, -0.15) is 0 Å². The minimum atomic E-state index is -0.404. The second-order valence-corrected chi connectivity index (χ2v) is 6.26. The Hall–Kier alpha value is -1.29. The summed E-state index contributed by atoms with van der Waals surface area (Å²) in [5.41, 5.74) is 2.18. The predicted octanol–water partition coefficient (Wildman–Crippen LogP) is 2.02. The zero-order valence-electron chi connectivity index (χ0n) is 12.1. The molecule has 0 saturated heterocycles. The van der Waals surface area contributed by atoms with Crippen molar-refractivity contribution in [3.8, 4) is 0 Å². The third kappa shape index (κ3) is 3.18. The summed E-state index contributed by atoms with van der Waals surface area (Å²) in [7, 11) is 0. The molecule has 1 aromatic heterocycles. The van der Waals surface area contributed by atoms with E-state index in [1.54, 1.807) is 0 Å². The average molecular weight is 264 g/mol. The normalized spacial score (nSPS) is 20.9. The Kier molecular flexibility index (Phi) is 3.99. The second kappa shape index (κ2) is 5.37. The molecule has 1 amide bonds. The number of aliphatic hydroxyl groups excluding tert-OH is 1. The lowest BCUT2D eigenvalue weighted by atomic mass is 9.75. The molecule has 0 aromatic carbocycles. The highest BCUT2D eigenvalue weighted by Gasteiger charge is 2.33. The monoisotopic (exact) mass is 264 g/mol. The van der Waals surface area contributed by atoms with E-state index in [0.717, 1.165) is 37.1 Å². The largest absolute Gasteiger partial charge is 0.388 e. The van der Waals surface area contributed by atoms with Gasteiger partial charge in [0.2, 0.25) is 5.91 Å². The molecule has 4 nitrogen and oxygen atoms in total. The van der Waals surface area contributed by atoms with Crippen molar-refractivity contribution in [1.82, 2.24) is 9.88 Å². The number of nitrogens with zero attached hydrogens (tertiary/aromatic N) is 1. The van der Waals surface area contributed by atoms with E-state index in [1.807, 2.05) is 23.8 Å². The molecule has 1 aliphatic carbocycles. The van der Waals surface area contributed by atoms with Gasteiger partial charge >= 0.3 is 0 Å². The van der Waals surface area contributed by atoms with Crippen LogP contribution in [0.4, 0.5) is 0 Å². The molecule has 0 saturated carbocycles. The molecule has 1 aromatic rings. The van der Waals surface area contributed by atoms with Crippen LogP contribution in [0.2, 0.25) is 0 Å². The molecular weight excluding hydrogens is 240 g/mol. The lowest BCUT2D eigenvalue weighted by Gasteiger charge is -2.33. The summed E-state index contributed by atoms with van der Waals surface area (Å²) in [6.45, 7) is 7.42. The number of aliphatic hydroxyl groups is 1. The minimum absolute atomic E-state index is 0.0399. The van der Waals surface area contributed by atoms with E-state index < -0.39 is 6.10 Å². The number of rotatable bonds is 4. The Bertz CT molecular complexity index is 463. The highest BCUT2D eigenvalue weighted by atomic mass is 16.3. The predicted molar refractivity (Wildman–Crippen MR) is 74.8 cm³/mol. The summed E-state index contributed by atoms with van der Waals surface area (Å²) >= 11 is 0. The zero-order chi connectivity index (χ0) is 14.0. The molecule has 1 aliphatic rings. The summed E-state index contributed by atoms with van der Waals surface area (Å²) < 4.78 is 1.98. The highest BCUT2D eigenvalue weighted by Crippen LogP contribution is 2.40. The SMILES string of the molecule is CCCNC(=O)Cn1ccc2c1CC(C)(C)CC2O. The molecule has 106 valence electrons. The fraction of sp³-hybridized carbons (Fsp3) is 0.667. The number of aromatic nitrogens is 1. The van der Waals surface area contributed by atoms with Crippen LogP contribution in [0, 0.1) is 5.41 Å². The van der Waals surface area contributed by atoms with Gasteiger partial charge in [-0.15, -0.1) is 0 Å². The molecule has 1 unspecified atom stereocenters. The maximum absolute atomic E-state index is 11.8. The topological polar surface area (TPSA) is 54.3 Å². The first-order valence-electron chi connectivity index (χ1n) is 7.05. The molecule has 1 heterocycles. The van der Waals surface area contributed by atoms with E-state index in [4.69, 9.17) is 0 Å². The maximum Gasteiger partial charge on any atom is 0.239 e. The Balaban J connectivity index is 2.14. The summed E-state index contributed by atoms with van der Waals surface area (Å²) in [6, 6.07) is 1.95. The van der Waals surface area contributed by atoms with Crippen LogP contribution in [0.1, 0.15) is 51.0 Å². The van der Waals surface area contributed by atoms with Crippen LogP contribution in [0.3, 0.4) is 0 Å². The lowest BCUT2D eigenvalue weighted by molar-refractivity contribution is -0.121. The van der Waals surface area contributed by atoms with Gasteiger partial charge in [0.05, 0.1) is 6.10 Å². The summed E-state index contributed by atoms with van der Waals surface area (Å²) in [5.74, 6) is 0.0399. The van der Waals surface area contributed by atoms with Crippen LogP contribution in [0.15, 0.2) is 12.3 Å². The highest BCUT2D eigenvalue weighted by molar-refractivity contribution is 5.75. The summed E-state index contributed by atoms with van der Waals surface area (Å²) in [5, 5.41) is 13.1. The number of hydrogen-bond acceptors (Lipinski definition) is 2. The van der Waals surface area contributed by atoms with Crippen molar-refractivity contribution in [2.45, 2.75) is 52.7 Å². The molecule has 0 bridgehead atoms. The number of carbonyl (C=O) groups excluding carboxylic acids is 1. The number of hydrogen-bond donors (Lipinski definition) is 2. The van der Waals surface area contributed by atoms with Crippen molar-refractivity contribution < 1.29 is 9.90 Å². The summed E-state index contributed by atoms with van der Waals surface area (Å²) in [4.78, 5) is 11.8. The van der Waals surface area contributed by atoms with Gasteiger partial charge in [0, 0.05) is 24.0 Å². The molecule has 4 heteroatoms. The second-order valence-electron chi connectivity index (χ2n) is 6.26. The van der Waals surface area contributed by atoms with Crippen molar-refractivity contribution in [2.75, 3.05) is 6.54 Å². The fourth-order valence-electron chi connectivity index (χ4n) is 2.81. The van der Waals surface area contributed by atoms with Crippen molar-refractivity contribution in [2.24, 2.45) is 5.41 Å². The molecule has 19 heavy (non-hydrogen) atoms. The molecule has 0 radical (unpaired) electrons. The van der Waals surface area contributed by atoms with Gasteiger partial charge in [-0.3, -0.25) is 4.79 Å². The van der Waals surface area contributed by atoms with Gasteiger partial charge in [0.1, 0.15) is 6.54 Å². The third-order valence-corrected chi connectivity index (χ3v) is 3.75. The van der Waals surface area contributed by atoms with Gasteiger partial charge < -0.3 is 15.0 Å². The van der Waals surface area contributed by atoms with Crippen LogP contribution in [-0.2, 0) is 17.8 Å². The van der Waals surface area contributed by atoms with Gasteiger partial charge in [-0.25, -0.2) is 0 Å². The number of carbonyl (C=O) groups is 1. The van der Waals surface area contributed by atoms with Crippen LogP contribution in [0.5, 0.6) is 0 Å². The molecule has 0 aliphatic heterocycles. The fourth-order valence-corrected chi connectivity index (χ4v) is 2.81. The molecule has 2 rings (SSSR count). The Morgan fingerprint density at radius 2 is 2.32 bits per heavy atom. The smallest absolute Gasteiger partial charge is 0.239 e. The third-order valence-electron chi connectivity index (χ3n) is 3.75. The van der Waals surface area contributed by atoms with Gasteiger partial charge in [0.25, 0.3) is 0 Å². The van der Waals surface area contributed by atoms with E-state index in [-0.39, 0.29) is 11.3 Å². The van der Waals surface area contributed by atoms with Crippen molar-refractivity contribution in [3.05, 3.63) is 23.5 Å². The number of nitrogens with one attached hydrogen (secondary N) is 1. The Morgan fingerprint density at radius 1 is 1.58 bits per heavy atom. The first-order valence-corrected chi connectivity index (χ1v) is 7.05. The van der Waals surface area contributed by atoms with Crippen LogP contribution < -0.4 is 5.32 Å². The maximum atomic E-state index is 11.8. The minimum Gasteiger partial charge on any atom is -0.388 e. The Labute approximate surface area is 114 Å². The molecule has 2 N–H and O–H groups in total. The van der Waals surface area contributed by atoms with Gasteiger partial charge in [-0.05, 0) is 30.7 Å². The van der Waals surface area contributed by atoms with Crippen molar-refractivity contribution in [3.63, 3.8) is 0 Å². The molecular formula is C15H24N2O2. The summed E-state index contributed by atoms with van der Waals surface area (Å²) in [6.07, 6.45) is 4.15. The van der Waals surface area contributed by atoms with Crippen molar-refractivity contribution in [1.29, 1.82) is 0 Å². The van der Waals surface area contributed by atoms with Crippen LogP contribution in [0.25, 0.3) is 0 Å². The first-order chi connectivity index (χ1) is 8.93. The van der Waals surface area contributed by atoms with E-state index in [2.05, 4.69) is 19.2 Å². The van der Waals surface area contributed by atoms with E-state index in [0.29, 0.717) is 6.54 Å². The Morgan fingerprint density at radius 3 is 3.00 bits per heavy atom. The van der Waals surface area contributed by atoms with E-state index >= 15 is 0 Å². The molecule has 1 atom stereocenters. The van der Waals surface area contributed by atoms with E-state index in [9.17, 15) is 9.90 Å². The zero-order valence-corrected chi connectivity index (χ0v) is 12.1. The van der Waals surface area contributed by atoms with Crippen molar-refractivity contribution >= 4 is 5.91 Å². The standard InChI is InChI=1S/C15H24N2O2/c1-4-6-16-14(19)10-17-7-5-11-12(17)8-15(2,3)9-13(11)18/h5,7,13,18H,4,6,8-10H2,1-3H3,(H,16,19). The number of fused-ring (bicyclic) bond motifs is 1. The number of amides is 1. The van der Waals surface area contributed by atoms with E-state index in [1.165, 1.54) is 0 Å². The molecule has 0 fully saturated rings. The van der Waals surface area contributed by atoms with Crippen LogP contribution >= 0.6 is 0 Å². The van der Waals surface area contributed by atoms with Crippen LogP contribution in [-0.4, -0.2) is 22.1 Å². The molecule has 0 spiro atoms.